The van der Waals surface area contributed by atoms with Gasteiger partial charge >= 0.3 is 11.9 Å². The van der Waals surface area contributed by atoms with Crippen LogP contribution in [0.3, 0.4) is 0 Å². The van der Waals surface area contributed by atoms with Gasteiger partial charge < -0.3 is 14.2 Å². The molecular formula is C15H14F2O5. The highest BCUT2D eigenvalue weighted by molar-refractivity contribution is 6.18. The van der Waals surface area contributed by atoms with Crippen LogP contribution in [0.2, 0.25) is 0 Å². The Morgan fingerprint density at radius 3 is 2.18 bits per heavy atom. The van der Waals surface area contributed by atoms with E-state index in [2.05, 4.69) is 0 Å². The van der Waals surface area contributed by atoms with Gasteiger partial charge in [0.1, 0.15) is 17.9 Å². The number of hydrogen-bond acceptors (Lipinski definition) is 5. The first kappa shape index (κ1) is 15.9. The van der Waals surface area contributed by atoms with Crippen molar-refractivity contribution in [1.82, 2.24) is 0 Å². The average Bonchev–Trinajstić information content (AvgIpc) is 2.41. The summed E-state index contributed by atoms with van der Waals surface area (Å²) in [6.45, 7) is 2.21. The summed E-state index contributed by atoms with van der Waals surface area (Å²) in [7, 11) is 0. The number of halogens is 2. The molecule has 22 heavy (non-hydrogen) atoms. The van der Waals surface area contributed by atoms with E-state index in [1.165, 1.54) is 44.2 Å². The average molecular weight is 312 g/mol. The molecule has 1 heterocycles. The monoisotopic (exact) mass is 312 g/mol. The van der Waals surface area contributed by atoms with Crippen LogP contribution in [-0.2, 0) is 19.1 Å². The standard InChI is InChI=1S/C15H14F2O5/c1-15(2)21-13(18)11(14(19)22-15)7-9-3-5-10(6-4-9)20-8-12(16)17/h3-7,12H,8H2,1-2H3. The van der Waals surface area contributed by atoms with E-state index in [0.29, 0.717) is 5.56 Å². The normalized spacial score (nSPS) is 17.0. The van der Waals surface area contributed by atoms with Crippen molar-refractivity contribution in [2.75, 3.05) is 6.61 Å². The SMILES string of the molecule is CC1(C)OC(=O)C(=Cc2ccc(OCC(F)F)cc2)C(=O)O1. The number of carbonyl (C=O) groups excluding carboxylic acids is 2. The van der Waals surface area contributed by atoms with Crippen LogP contribution in [0.15, 0.2) is 29.8 Å². The van der Waals surface area contributed by atoms with Gasteiger partial charge in [-0.15, -0.1) is 0 Å². The predicted molar refractivity (Wildman–Crippen MR) is 72.2 cm³/mol. The van der Waals surface area contributed by atoms with Crippen molar-refractivity contribution < 1.29 is 32.6 Å². The number of cyclic esters (lactones) is 2. The Labute approximate surface area is 125 Å². The minimum Gasteiger partial charge on any atom is -0.488 e. The molecule has 1 saturated heterocycles. The van der Waals surface area contributed by atoms with Gasteiger partial charge in [-0.1, -0.05) is 12.1 Å². The molecule has 118 valence electrons. The first-order valence-electron chi connectivity index (χ1n) is 6.46. The first-order valence-corrected chi connectivity index (χ1v) is 6.46. The predicted octanol–water partition coefficient (Wildman–Crippen LogP) is 2.55. The third-order valence-electron chi connectivity index (χ3n) is 2.68. The van der Waals surface area contributed by atoms with Gasteiger partial charge in [0.15, 0.2) is 0 Å². The number of benzene rings is 1. The number of esters is 2. The summed E-state index contributed by atoms with van der Waals surface area (Å²) < 4.78 is 38.8. The lowest BCUT2D eigenvalue weighted by molar-refractivity contribution is -0.222. The van der Waals surface area contributed by atoms with Crippen LogP contribution < -0.4 is 4.74 Å². The van der Waals surface area contributed by atoms with E-state index >= 15 is 0 Å². The number of alkyl halides is 2. The molecule has 1 aliphatic rings. The minimum atomic E-state index is -2.56. The number of carbonyl (C=O) groups is 2. The third-order valence-corrected chi connectivity index (χ3v) is 2.68. The summed E-state index contributed by atoms with van der Waals surface area (Å²) in [5, 5.41) is 0. The van der Waals surface area contributed by atoms with Gasteiger partial charge in [0.2, 0.25) is 0 Å². The molecule has 0 aromatic heterocycles. The van der Waals surface area contributed by atoms with Gasteiger partial charge in [0, 0.05) is 13.8 Å². The van der Waals surface area contributed by atoms with E-state index in [-0.39, 0.29) is 11.3 Å². The van der Waals surface area contributed by atoms with Crippen molar-refractivity contribution in [1.29, 1.82) is 0 Å². The molecule has 0 atom stereocenters. The minimum absolute atomic E-state index is 0.236. The lowest BCUT2D eigenvalue weighted by Gasteiger charge is -2.29. The molecule has 0 unspecified atom stereocenters. The molecular weight excluding hydrogens is 298 g/mol. The Hall–Kier alpha value is -2.44. The quantitative estimate of drug-likeness (QED) is 0.486. The molecule has 5 nitrogen and oxygen atoms in total. The number of rotatable bonds is 4. The van der Waals surface area contributed by atoms with E-state index in [1.54, 1.807) is 0 Å². The second-order valence-electron chi connectivity index (χ2n) is 5.01. The fraction of sp³-hybridized carbons (Fsp3) is 0.333. The van der Waals surface area contributed by atoms with Gasteiger partial charge in [-0.3, -0.25) is 0 Å². The summed E-state index contributed by atoms with van der Waals surface area (Å²) in [5.41, 5.74) is 0.272. The molecule has 1 aliphatic heterocycles. The Balaban J connectivity index is 2.12. The van der Waals surface area contributed by atoms with Crippen LogP contribution in [0.4, 0.5) is 8.78 Å². The smallest absolute Gasteiger partial charge is 0.348 e. The van der Waals surface area contributed by atoms with Crippen LogP contribution >= 0.6 is 0 Å². The van der Waals surface area contributed by atoms with Crippen molar-refractivity contribution in [3.63, 3.8) is 0 Å². The highest BCUT2D eigenvalue weighted by atomic mass is 19.3. The topological polar surface area (TPSA) is 61.8 Å². The molecule has 1 aromatic carbocycles. The van der Waals surface area contributed by atoms with Gasteiger partial charge in [-0.25, -0.2) is 18.4 Å². The molecule has 0 amide bonds. The van der Waals surface area contributed by atoms with E-state index in [0.717, 1.165) is 0 Å². The summed E-state index contributed by atoms with van der Waals surface area (Å²) in [5.74, 6) is -2.59. The van der Waals surface area contributed by atoms with Crippen molar-refractivity contribution >= 4 is 18.0 Å². The van der Waals surface area contributed by atoms with Gasteiger partial charge in [0.25, 0.3) is 12.2 Å². The highest BCUT2D eigenvalue weighted by Crippen LogP contribution is 2.24. The summed E-state index contributed by atoms with van der Waals surface area (Å²) >= 11 is 0. The second kappa shape index (κ2) is 6.13. The molecule has 1 aromatic rings. The fourth-order valence-electron chi connectivity index (χ4n) is 1.76. The third kappa shape index (κ3) is 4.03. The van der Waals surface area contributed by atoms with Gasteiger partial charge in [-0.05, 0) is 23.8 Å². The highest BCUT2D eigenvalue weighted by Gasteiger charge is 2.38. The molecule has 0 N–H and O–H groups in total. The van der Waals surface area contributed by atoms with Crippen LogP contribution in [0.1, 0.15) is 19.4 Å². The Morgan fingerprint density at radius 1 is 1.14 bits per heavy atom. The van der Waals surface area contributed by atoms with Gasteiger partial charge in [-0.2, -0.15) is 0 Å². The van der Waals surface area contributed by atoms with E-state index in [9.17, 15) is 18.4 Å². The molecule has 0 spiro atoms. The van der Waals surface area contributed by atoms with Crippen LogP contribution in [-0.4, -0.2) is 30.8 Å². The maximum Gasteiger partial charge on any atom is 0.348 e. The summed E-state index contributed by atoms with van der Waals surface area (Å²) in [6, 6.07) is 5.96. The Bertz CT molecular complexity index is 583. The lowest BCUT2D eigenvalue weighted by Crippen LogP contribution is -2.41. The maximum atomic E-state index is 12.0. The molecule has 1 fully saturated rings. The summed E-state index contributed by atoms with van der Waals surface area (Å²) in [4.78, 5) is 23.5. The first-order chi connectivity index (χ1) is 10.3. The molecule has 2 rings (SSSR count). The number of hydrogen-bond donors (Lipinski definition) is 0. The van der Waals surface area contributed by atoms with E-state index < -0.39 is 30.8 Å². The van der Waals surface area contributed by atoms with Crippen molar-refractivity contribution in [2.45, 2.75) is 26.1 Å². The Kier molecular flexibility index (Phi) is 4.44. The summed E-state index contributed by atoms with van der Waals surface area (Å²) in [6.07, 6.45) is -1.26. The van der Waals surface area contributed by atoms with Gasteiger partial charge in [0.05, 0.1) is 0 Å². The molecule has 0 aliphatic carbocycles. The molecule has 0 bridgehead atoms. The Morgan fingerprint density at radius 2 is 1.68 bits per heavy atom. The van der Waals surface area contributed by atoms with E-state index in [1.807, 2.05) is 0 Å². The van der Waals surface area contributed by atoms with Crippen molar-refractivity contribution in [2.24, 2.45) is 0 Å². The second-order valence-corrected chi connectivity index (χ2v) is 5.01. The van der Waals surface area contributed by atoms with Crippen LogP contribution in [0.25, 0.3) is 6.08 Å². The molecule has 7 heteroatoms. The zero-order valence-electron chi connectivity index (χ0n) is 12.0. The fourth-order valence-corrected chi connectivity index (χ4v) is 1.76. The van der Waals surface area contributed by atoms with E-state index in [4.69, 9.17) is 14.2 Å². The molecule has 0 saturated carbocycles. The van der Waals surface area contributed by atoms with Crippen molar-refractivity contribution in [3.05, 3.63) is 35.4 Å². The molecule has 0 radical (unpaired) electrons. The van der Waals surface area contributed by atoms with Crippen LogP contribution in [0.5, 0.6) is 5.75 Å². The number of ether oxygens (including phenoxy) is 3. The lowest BCUT2D eigenvalue weighted by atomic mass is 10.1. The van der Waals surface area contributed by atoms with Crippen LogP contribution in [0, 0.1) is 0 Å². The zero-order chi connectivity index (χ0) is 16.3. The largest absolute Gasteiger partial charge is 0.488 e. The maximum absolute atomic E-state index is 12.0. The van der Waals surface area contributed by atoms with Crippen molar-refractivity contribution in [3.8, 4) is 5.75 Å². The zero-order valence-corrected chi connectivity index (χ0v) is 12.0.